The second kappa shape index (κ2) is 7.91. The number of nitrogens with one attached hydrogen (secondary N) is 1. The Morgan fingerprint density at radius 2 is 1.79 bits per heavy atom. The molecule has 1 aromatic heterocycles. The molecule has 9 heteroatoms. The third kappa shape index (κ3) is 4.04. The van der Waals surface area contributed by atoms with Crippen LogP contribution >= 0.6 is 34.8 Å². The van der Waals surface area contributed by atoms with Crippen LogP contribution in [0.1, 0.15) is 16.2 Å². The highest BCUT2D eigenvalue weighted by Gasteiger charge is 2.34. The Morgan fingerprint density at radius 1 is 1.07 bits per heavy atom. The van der Waals surface area contributed by atoms with Crippen LogP contribution in [-0.4, -0.2) is 15.7 Å². The predicted molar refractivity (Wildman–Crippen MR) is 107 cm³/mol. The fraction of sp³-hybridized carbons (Fsp3) is 0.0526. The molecule has 3 aromatic rings. The van der Waals surface area contributed by atoms with Crippen LogP contribution < -0.4 is 5.32 Å². The fourth-order valence-electron chi connectivity index (χ4n) is 2.40. The molecule has 0 spiro atoms. The zero-order valence-electron chi connectivity index (χ0n) is 14.1. The summed E-state index contributed by atoms with van der Waals surface area (Å²) in [6.07, 6.45) is 0.466. The summed E-state index contributed by atoms with van der Waals surface area (Å²) < 4.78 is 29.7. The van der Waals surface area contributed by atoms with E-state index in [9.17, 15) is 13.6 Å². The molecule has 0 unspecified atom stereocenters. The number of carbonyl (C=O) groups excluding carboxylic acids is 1. The van der Waals surface area contributed by atoms with E-state index < -0.39 is 17.5 Å². The van der Waals surface area contributed by atoms with Gasteiger partial charge in [0.1, 0.15) is 5.69 Å². The number of amides is 1. The molecule has 0 saturated heterocycles. The Labute approximate surface area is 174 Å². The summed E-state index contributed by atoms with van der Waals surface area (Å²) in [5, 5.41) is 7.28. The largest absolute Gasteiger partial charge is 0.319 e. The second-order valence-corrected chi connectivity index (χ2v) is 6.91. The topological polar surface area (TPSA) is 46.9 Å². The lowest BCUT2D eigenvalue weighted by molar-refractivity contribution is 0.0449. The van der Waals surface area contributed by atoms with E-state index in [1.54, 1.807) is 24.3 Å². The van der Waals surface area contributed by atoms with Crippen molar-refractivity contribution in [2.45, 2.75) is 5.92 Å². The minimum Gasteiger partial charge on any atom is -0.319 e. The maximum atomic E-state index is 14.4. The van der Waals surface area contributed by atoms with E-state index in [1.807, 2.05) is 0 Å². The Bertz CT molecular complexity index is 1070. The van der Waals surface area contributed by atoms with Crippen LogP contribution in [-0.2, 0) is 5.92 Å². The van der Waals surface area contributed by atoms with Gasteiger partial charge in [-0.2, -0.15) is 13.9 Å². The summed E-state index contributed by atoms with van der Waals surface area (Å²) in [6.45, 7) is 3.15. The van der Waals surface area contributed by atoms with Crippen molar-refractivity contribution in [3.63, 3.8) is 0 Å². The SMILES string of the molecule is C=CC(F)(F)c1cc(C(=O)Nc2ccccc2Cl)nn1-c1ccc(Cl)c(Cl)c1. The number of nitrogens with zero attached hydrogens (tertiary/aromatic N) is 2. The number of alkyl halides is 2. The molecule has 2 aromatic carbocycles. The molecule has 4 nitrogen and oxygen atoms in total. The normalized spacial score (nSPS) is 11.3. The van der Waals surface area contributed by atoms with Crippen LogP contribution in [0.25, 0.3) is 5.69 Å². The van der Waals surface area contributed by atoms with Gasteiger partial charge in [0.15, 0.2) is 5.69 Å². The maximum Gasteiger partial charge on any atom is 0.308 e. The molecule has 1 amide bonds. The predicted octanol–water partition coefficient (Wildman–Crippen LogP) is 6.36. The van der Waals surface area contributed by atoms with E-state index in [2.05, 4.69) is 17.0 Å². The van der Waals surface area contributed by atoms with E-state index in [0.29, 0.717) is 16.8 Å². The van der Waals surface area contributed by atoms with Crippen LogP contribution in [0.4, 0.5) is 14.5 Å². The van der Waals surface area contributed by atoms with E-state index in [0.717, 1.165) is 10.7 Å². The van der Waals surface area contributed by atoms with Gasteiger partial charge in [-0.3, -0.25) is 4.79 Å². The van der Waals surface area contributed by atoms with Gasteiger partial charge in [0.05, 0.1) is 26.4 Å². The van der Waals surface area contributed by atoms with E-state index in [1.165, 1.54) is 18.2 Å². The number of rotatable bonds is 5. The van der Waals surface area contributed by atoms with Crippen molar-refractivity contribution < 1.29 is 13.6 Å². The Hall–Kier alpha value is -2.41. The number of benzene rings is 2. The van der Waals surface area contributed by atoms with Gasteiger partial charge in [-0.05, 0) is 42.5 Å². The van der Waals surface area contributed by atoms with Gasteiger partial charge in [-0.1, -0.05) is 53.5 Å². The van der Waals surface area contributed by atoms with Crippen molar-refractivity contribution in [2.75, 3.05) is 5.32 Å². The smallest absolute Gasteiger partial charge is 0.308 e. The maximum absolute atomic E-state index is 14.4. The lowest BCUT2D eigenvalue weighted by Crippen LogP contribution is -2.16. The van der Waals surface area contributed by atoms with Gasteiger partial charge in [0, 0.05) is 0 Å². The van der Waals surface area contributed by atoms with Crippen LogP contribution in [0, 0.1) is 0 Å². The van der Waals surface area contributed by atoms with Crippen molar-refractivity contribution in [2.24, 2.45) is 0 Å². The number of carbonyl (C=O) groups is 1. The Balaban J connectivity index is 2.06. The highest BCUT2D eigenvalue weighted by Crippen LogP contribution is 2.33. The summed E-state index contributed by atoms with van der Waals surface area (Å²) >= 11 is 17.9. The highest BCUT2D eigenvalue weighted by atomic mass is 35.5. The Kier molecular flexibility index (Phi) is 5.74. The summed E-state index contributed by atoms with van der Waals surface area (Å²) in [5.41, 5.74) is -0.245. The first-order valence-corrected chi connectivity index (χ1v) is 8.99. The van der Waals surface area contributed by atoms with Crippen molar-refractivity contribution in [3.05, 3.63) is 87.6 Å². The quantitative estimate of drug-likeness (QED) is 0.467. The molecule has 28 heavy (non-hydrogen) atoms. The monoisotopic (exact) mass is 441 g/mol. The summed E-state index contributed by atoms with van der Waals surface area (Å²) in [5.74, 6) is -4.14. The first kappa shape index (κ1) is 20.3. The minimum atomic E-state index is -3.44. The molecule has 0 bridgehead atoms. The Morgan fingerprint density at radius 3 is 2.43 bits per heavy atom. The molecule has 0 aliphatic rings. The number of para-hydroxylation sites is 1. The molecule has 1 heterocycles. The molecule has 1 N–H and O–H groups in total. The van der Waals surface area contributed by atoms with Crippen LogP contribution in [0.2, 0.25) is 15.1 Å². The number of hydrogen-bond donors (Lipinski definition) is 1. The van der Waals surface area contributed by atoms with E-state index in [4.69, 9.17) is 34.8 Å². The average molecular weight is 443 g/mol. The number of anilines is 1. The number of aromatic nitrogens is 2. The van der Waals surface area contributed by atoms with Crippen LogP contribution in [0.3, 0.4) is 0 Å². The van der Waals surface area contributed by atoms with Gasteiger partial charge in [-0.25, -0.2) is 4.68 Å². The summed E-state index contributed by atoms with van der Waals surface area (Å²) in [6, 6.07) is 11.8. The first-order chi connectivity index (χ1) is 13.2. The standard InChI is InChI=1S/C19H12Cl3F2N3O/c1-2-19(23,24)17-10-16(18(28)25-15-6-4-3-5-13(15)21)26-27(17)11-7-8-12(20)14(22)9-11/h2-10H,1H2,(H,25,28). The lowest BCUT2D eigenvalue weighted by Gasteiger charge is -2.14. The molecule has 0 radical (unpaired) electrons. The molecule has 0 aliphatic heterocycles. The van der Waals surface area contributed by atoms with Crippen LogP contribution in [0.15, 0.2) is 61.2 Å². The molecule has 0 saturated carbocycles. The van der Waals surface area contributed by atoms with Crippen molar-refractivity contribution >= 4 is 46.4 Å². The molecule has 0 aliphatic carbocycles. The zero-order chi connectivity index (χ0) is 20.5. The number of halogens is 5. The number of allylic oxidation sites excluding steroid dienone is 1. The molecular formula is C19H12Cl3F2N3O. The highest BCUT2D eigenvalue weighted by molar-refractivity contribution is 6.42. The van der Waals surface area contributed by atoms with Crippen molar-refractivity contribution in [3.8, 4) is 5.69 Å². The van der Waals surface area contributed by atoms with Gasteiger partial charge < -0.3 is 5.32 Å². The molecule has 0 atom stereocenters. The second-order valence-electron chi connectivity index (χ2n) is 5.69. The van der Waals surface area contributed by atoms with Crippen LogP contribution in [0.5, 0.6) is 0 Å². The van der Waals surface area contributed by atoms with Crippen molar-refractivity contribution in [1.82, 2.24) is 9.78 Å². The number of hydrogen-bond acceptors (Lipinski definition) is 2. The third-order valence-electron chi connectivity index (χ3n) is 3.81. The summed E-state index contributed by atoms with van der Waals surface area (Å²) in [4.78, 5) is 12.5. The van der Waals surface area contributed by atoms with Gasteiger partial charge in [-0.15, -0.1) is 0 Å². The molecule has 0 fully saturated rings. The fourth-order valence-corrected chi connectivity index (χ4v) is 2.87. The van der Waals surface area contributed by atoms with Gasteiger partial charge >= 0.3 is 5.92 Å². The summed E-state index contributed by atoms with van der Waals surface area (Å²) in [7, 11) is 0. The van der Waals surface area contributed by atoms with Gasteiger partial charge in [0.2, 0.25) is 0 Å². The zero-order valence-corrected chi connectivity index (χ0v) is 16.4. The average Bonchev–Trinajstić information content (AvgIpc) is 3.12. The first-order valence-electron chi connectivity index (χ1n) is 7.86. The van der Waals surface area contributed by atoms with Crippen molar-refractivity contribution in [1.29, 1.82) is 0 Å². The minimum absolute atomic E-state index is 0.157. The lowest BCUT2D eigenvalue weighted by atomic mass is 10.2. The molecule has 144 valence electrons. The van der Waals surface area contributed by atoms with Gasteiger partial charge in [0.25, 0.3) is 5.91 Å². The third-order valence-corrected chi connectivity index (χ3v) is 4.88. The van der Waals surface area contributed by atoms with E-state index in [-0.39, 0.29) is 21.4 Å². The molecule has 3 rings (SSSR count). The van der Waals surface area contributed by atoms with E-state index >= 15 is 0 Å². The molecular weight excluding hydrogens is 431 g/mol.